The van der Waals surface area contributed by atoms with Crippen molar-refractivity contribution < 1.29 is 41.5 Å². The molecule has 0 aliphatic heterocycles. The van der Waals surface area contributed by atoms with Crippen molar-refractivity contribution in [3.05, 3.63) is 91.8 Å². The number of nitro groups is 1. The van der Waals surface area contributed by atoms with E-state index in [0.717, 1.165) is 12.1 Å². The molecule has 0 N–H and O–H groups in total. The van der Waals surface area contributed by atoms with Gasteiger partial charge in [0.05, 0.1) is 35.7 Å². The molecule has 0 radical (unpaired) electrons. The quantitative estimate of drug-likeness (QED) is 0.131. The molecule has 0 saturated heterocycles. The smallest absolute Gasteiger partial charge is 0.450 e. The second-order valence-electron chi connectivity index (χ2n) is 7.96. The summed E-state index contributed by atoms with van der Waals surface area (Å²) in [6, 6.07) is 11.0. The highest BCUT2D eigenvalue weighted by Gasteiger charge is 2.39. The zero-order chi connectivity index (χ0) is 27.8. The van der Waals surface area contributed by atoms with Crippen LogP contribution in [0.5, 0.6) is 17.2 Å². The predicted octanol–water partition coefficient (Wildman–Crippen LogP) is 5.93. The van der Waals surface area contributed by atoms with Crippen molar-refractivity contribution in [2.45, 2.75) is 13.1 Å². The number of nitro benzene ring substituents is 1. The van der Waals surface area contributed by atoms with Crippen LogP contribution in [0.3, 0.4) is 0 Å². The second-order valence-corrected chi connectivity index (χ2v) is 7.96. The summed E-state index contributed by atoms with van der Waals surface area (Å²) in [7, 11) is 2.65. The number of carbonyl (C=O) groups excluding carboxylic acids is 1. The molecule has 38 heavy (non-hydrogen) atoms. The molecule has 0 bridgehead atoms. The van der Waals surface area contributed by atoms with Crippen LogP contribution >= 0.6 is 0 Å². The van der Waals surface area contributed by atoms with E-state index >= 15 is 0 Å². The average molecular weight is 529 g/mol. The van der Waals surface area contributed by atoms with Crippen molar-refractivity contribution in [2.75, 3.05) is 14.2 Å². The summed E-state index contributed by atoms with van der Waals surface area (Å²) in [6.07, 6.45) is -5.05. The van der Waals surface area contributed by atoms with Gasteiger partial charge in [0, 0.05) is 17.7 Å². The van der Waals surface area contributed by atoms with Crippen LogP contribution in [-0.4, -0.2) is 25.1 Å². The first kappa shape index (κ1) is 26.2. The maximum Gasteiger partial charge on any atom is 0.450 e. The molecule has 0 aliphatic carbocycles. The first-order valence-corrected chi connectivity index (χ1v) is 10.8. The fourth-order valence-electron chi connectivity index (χ4n) is 3.89. The zero-order valence-electron chi connectivity index (χ0n) is 20.0. The molecule has 0 amide bonds. The maximum atomic E-state index is 14.0. The van der Waals surface area contributed by atoms with Crippen LogP contribution in [-0.2, 0) is 6.18 Å². The Labute approximate surface area is 212 Å². The summed E-state index contributed by atoms with van der Waals surface area (Å²) in [6.45, 7) is 1.36. The Balaban J connectivity index is 1.82. The number of ether oxygens (including phenoxy) is 3. The van der Waals surface area contributed by atoms with E-state index in [0.29, 0.717) is 0 Å². The standard InChI is InChI=1S/C26H18F3NO8/c1-13-16(5-4-6-18(13)30(33)34)25(32)37-15-8-9-17-20(12-15)38-24(26(27,28)29)22(23(17)31)14-7-10-19(35-2)21(11-14)36-3/h4-12H,1-3H3. The van der Waals surface area contributed by atoms with E-state index in [9.17, 15) is 32.9 Å². The van der Waals surface area contributed by atoms with E-state index in [1.54, 1.807) is 0 Å². The van der Waals surface area contributed by atoms with Crippen molar-refractivity contribution in [1.29, 1.82) is 0 Å². The summed E-state index contributed by atoms with van der Waals surface area (Å²) in [5.41, 5.74) is -2.66. The Morgan fingerprint density at radius 2 is 1.71 bits per heavy atom. The van der Waals surface area contributed by atoms with E-state index < -0.39 is 39.4 Å². The molecule has 4 rings (SSSR count). The number of fused-ring (bicyclic) bond motifs is 1. The third kappa shape index (κ3) is 4.75. The van der Waals surface area contributed by atoms with E-state index in [1.807, 2.05) is 0 Å². The molecule has 0 aliphatic rings. The molecule has 9 nitrogen and oxygen atoms in total. The number of nitrogens with zero attached hydrogens (tertiary/aromatic N) is 1. The Hall–Kier alpha value is -4.87. The van der Waals surface area contributed by atoms with Crippen LogP contribution in [0.1, 0.15) is 21.7 Å². The highest BCUT2D eigenvalue weighted by atomic mass is 19.4. The molecule has 0 fully saturated rings. The van der Waals surface area contributed by atoms with E-state index in [4.69, 9.17) is 18.6 Å². The fourth-order valence-corrected chi connectivity index (χ4v) is 3.89. The first-order chi connectivity index (χ1) is 18.0. The minimum atomic E-state index is -5.05. The number of esters is 1. The molecule has 0 spiro atoms. The van der Waals surface area contributed by atoms with Crippen LogP contribution in [0.15, 0.2) is 63.8 Å². The monoisotopic (exact) mass is 529 g/mol. The van der Waals surface area contributed by atoms with Gasteiger partial charge in [-0.25, -0.2) is 4.79 Å². The minimum absolute atomic E-state index is 0.0498. The van der Waals surface area contributed by atoms with Gasteiger partial charge in [0.2, 0.25) is 11.2 Å². The SMILES string of the molecule is COc1ccc(-c2c(C(F)(F)F)oc3cc(OC(=O)c4cccc([N+](=O)[O-])c4C)ccc3c2=O)cc1OC. The molecule has 1 aromatic heterocycles. The van der Waals surface area contributed by atoms with Gasteiger partial charge in [-0.2, -0.15) is 13.2 Å². The Morgan fingerprint density at radius 1 is 1.00 bits per heavy atom. The summed E-state index contributed by atoms with van der Waals surface area (Å²) < 4.78 is 62.7. The lowest BCUT2D eigenvalue weighted by molar-refractivity contribution is -0.385. The summed E-state index contributed by atoms with van der Waals surface area (Å²) >= 11 is 0. The van der Waals surface area contributed by atoms with Crippen molar-refractivity contribution in [2.24, 2.45) is 0 Å². The van der Waals surface area contributed by atoms with E-state index in [1.165, 1.54) is 63.6 Å². The summed E-state index contributed by atoms with van der Waals surface area (Å²) in [5.74, 6) is -2.41. The van der Waals surface area contributed by atoms with Crippen molar-refractivity contribution >= 4 is 22.6 Å². The lowest BCUT2D eigenvalue weighted by Gasteiger charge is -2.15. The van der Waals surface area contributed by atoms with Gasteiger partial charge in [0.15, 0.2) is 11.5 Å². The van der Waals surface area contributed by atoms with E-state index in [2.05, 4.69) is 0 Å². The predicted molar refractivity (Wildman–Crippen MR) is 129 cm³/mol. The number of hydrogen-bond donors (Lipinski definition) is 0. The van der Waals surface area contributed by atoms with Crippen molar-refractivity contribution in [1.82, 2.24) is 0 Å². The third-order valence-electron chi connectivity index (χ3n) is 5.73. The molecule has 0 unspecified atom stereocenters. The number of rotatable bonds is 6. The molecule has 3 aromatic carbocycles. The van der Waals surface area contributed by atoms with Gasteiger partial charge < -0.3 is 18.6 Å². The third-order valence-corrected chi connectivity index (χ3v) is 5.73. The Morgan fingerprint density at radius 3 is 2.34 bits per heavy atom. The summed E-state index contributed by atoms with van der Waals surface area (Å²) in [5, 5.41) is 11.0. The molecule has 196 valence electrons. The largest absolute Gasteiger partial charge is 0.493 e. The van der Waals surface area contributed by atoms with E-state index in [-0.39, 0.29) is 45.0 Å². The Kier molecular flexibility index (Phi) is 6.81. The van der Waals surface area contributed by atoms with Gasteiger partial charge >= 0.3 is 12.1 Å². The number of methoxy groups -OCH3 is 2. The Bertz CT molecular complexity index is 1640. The second kappa shape index (κ2) is 9.88. The fraction of sp³-hybridized carbons (Fsp3) is 0.154. The molecule has 12 heteroatoms. The number of benzene rings is 3. The van der Waals surface area contributed by atoms with Crippen LogP contribution in [0.25, 0.3) is 22.1 Å². The average Bonchev–Trinajstić information content (AvgIpc) is 2.87. The lowest BCUT2D eigenvalue weighted by Crippen LogP contribution is -2.16. The summed E-state index contributed by atoms with van der Waals surface area (Å²) in [4.78, 5) is 36.4. The van der Waals surface area contributed by atoms with Gasteiger partial charge in [-0.15, -0.1) is 0 Å². The number of hydrogen-bond acceptors (Lipinski definition) is 8. The zero-order valence-corrected chi connectivity index (χ0v) is 20.0. The number of alkyl halides is 3. The number of carbonyl (C=O) groups is 1. The van der Waals surface area contributed by atoms with Crippen LogP contribution in [0.2, 0.25) is 0 Å². The van der Waals surface area contributed by atoms with Gasteiger partial charge in [0.1, 0.15) is 11.3 Å². The van der Waals surface area contributed by atoms with Crippen LogP contribution < -0.4 is 19.6 Å². The lowest BCUT2D eigenvalue weighted by atomic mass is 10.0. The van der Waals surface area contributed by atoms with Crippen LogP contribution in [0.4, 0.5) is 18.9 Å². The maximum absolute atomic E-state index is 14.0. The minimum Gasteiger partial charge on any atom is -0.493 e. The molecular formula is C26H18F3NO8. The van der Waals surface area contributed by atoms with Gasteiger partial charge in [-0.3, -0.25) is 14.9 Å². The van der Waals surface area contributed by atoms with Crippen molar-refractivity contribution in [3.8, 4) is 28.4 Å². The first-order valence-electron chi connectivity index (χ1n) is 10.8. The van der Waals surface area contributed by atoms with Gasteiger partial charge in [0.25, 0.3) is 5.69 Å². The van der Waals surface area contributed by atoms with Gasteiger partial charge in [-0.1, -0.05) is 12.1 Å². The molecule has 4 aromatic rings. The van der Waals surface area contributed by atoms with Gasteiger partial charge in [-0.05, 0) is 42.8 Å². The topological polar surface area (TPSA) is 118 Å². The van der Waals surface area contributed by atoms with Crippen molar-refractivity contribution in [3.63, 3.8) is 0 Å². The van der Waals surface area contributed by atoms with Crippen LogP contribution in [0, 0.1) is 17.0 Å². The normalized spacial score (nSPS) is 11.3. The number of halogens is 3. The molecule has 1 heterocycles. The highest BCUT2D eigenvalue weighted by molar-refractivity contribution is 5.94. The molecule has 0 atom stereocenters. The molecule has 0 saturated carbocycles. The molecular weight excluding hydrogens is 511 g/mol. The highest BCUT2D eigenvalue weighted by Crippen LogP contribution is 2.40.